The zero-order chi connectivity index (χ0) is 19.8. The number of carbonyl (C=O) groups is 2. The third-order valence-corrected chi connectivity index (χ3v) is 5.66. The largest absolute Gasteiger partial charge is 0.339 e. The lowest BCUT2D eigenvalue weighted by Crippen LogP contribution is -2.31. The lowest BCUT2D eigenvalue weighted by molar-refractivity contribution is -0.123. The number of anilines is 4. The molecule has 0 unspecified atom stereocenters. The summed E-state index contributed by atoms with van der Waals surface area (Å²) in [6.07, 6.45) is 1.13. The highest BCUT2D eigenvalue weighted by molar-refractivity contribution is 6.06. The van der Waals surface area contributed by atoms with Crippen LogP contribution in [0.5, 0.6) is 0 Å². The lowest BCUT2D eigenvalue weighted by Gasteiger charge is -2.27. The zero-order valence-electron chi connectivity index (χ0n) is 15.9. The Morgan fingerprint density at radius 1 is 0.931 bits per heavy atom. The second kappa shape index (κ2) is 7.09. The summed E-state index contributed by atoms with van der Waals surface area (Å²) >= 11 is 0. The molecular formula is C24H21N3O2. The van der Waals surface area contributed by atoms with Gasteiger partial charge in [-0.15, -0.1) is 0 Å². The van der Waals surface area contributed by atoms with Crippen molar-refractivity contribution in [3.8, 4) is 0 Å². The molecule has 2 N–H and O–H groups in total. The van der Waals surface area contributed by atoms with Crippen LogP contribution in [0.2, 0.25) is 0 Å². The maximum atomic E-state index is 13.2. The van der Waals surface area contributed by atoms with Crippen molar-refractivity contribution in [1.29, 1.82) is 0 Å². The standard InChI is InChI=1S/C24H21N3O2/c28-23-15-18(17-8-2-3-9-19(17)25-23)24(29)26-20-10-4-6-12-22(20)27-14-13-16-7-1-5-11-21(16)27/h1-12,18H,13-15H2,(H,25,28)(H,26,29)/t18-/m0/s1. The number of nitrogens with one attached hydrogen (secondary N) is 2. The molecule has 2 heterocycles. The van der Waals surface area contributed by atoms with E-state index in [4.69, 9.17) is 0 Å². The van der Waals surface area contributed by atoms with Crippen LogP contribution in [0, 0.1) is 0 Å². The Bertz CT molecular complexity index is 1110. The summed E-state index contributed by atoms with van der Waals surface area (Å²) in [5, 5.41) is 5.94. The first-order valence-electron chi connectivity index (χ1n) is 9.85. The van der Waals surface area contributed by atoms with Gasteiger partial charge >= 0.3 is 0 Å². The molecule has 5 rings (SSSR count). The molecule has 0 spiro atoms. The lowest BCUT2D eigenvalue weighted by atomic mass is 9.89. The van der Waals surface area contributed by atoms with Gasteiger partial charge in [-0.05, 0) is 41.8 Å². The number of benzene rings is 3. The molecule has 3 aromatic rings. The molecule has 0 saturated heterocycles. The molecule has 0 saturated carbocycles. The minimum absolute atomic E-state index is 0.134. The molecule has 0 aromatic heterocycles. The first-order chi connectivity index (χ1) is 14.2. The SMILES string of the molecule is O=C1C[C@H](C(=O)Nc2ccccc2N2CCc3ccccc32)c2ccccc2N1. The van der Waals surface area contributed by atoms with Gasteiger partial charge in [0.05, 0.1) is 17.3 Å². The Hall–Kier alpha value is -3.60. The van der Waals surface area contributed by atoms with E-state index in [1.807, 2.05) is 54.6 Å². The van der Waals surface area contributed by atoms with Crippen LogP contribution in [0.4, 0.5) is 22.7 Å². The van der Waals surface area contributed by atoms with E-state index < -0.39 is 5.92 Å². The Morgan fingerprint density at radius 2 is 1.66 bits per heavy atom. The summed E-state index contributed by atoms with van der Waals surface area (Å²) in [5.41, 5.74) is 5.79. The molecular weight excluding hydrogens is 362 g/mol. The predicted molar refractivity (Wildman–Crippen MR) is 115 cm³/mol. The van der Waals surface area contributed by atoms with Crippen LogP contribution in [0.15, 0.2) is 72.8 Å². The van der Waals surface area contributed by atoms with E-state index in [-0.39, 0.29) is 18.2 Å². The van der Waals surface area contributed by atoms with Crippen LogP contribution in [-0.4, -0.2) is 18.4 Å². The van der Waals surface area contributed by atoms with Crippen LogP contribution in [0.1, 0.15) is 23.5 Å². The zero-order valence-corrected chi connectivity index (χ0v) is 15.9. The molecule has 2 amide bonds. The second-order valence-electron chi connectivity index (χ2n) is 7.43. The molecule has 29 heavy (non-hydrogen) atoms. The van der Waals surface area contributed by atoms with E-state index in [0.29, 0.717) is 5.69 Å². The second-order valence-corrected chi connectivity index (χ2v) is 7.43. The van der Waals surface area contributed by atoms with Crippen LogP contribution < -0.4 is 15.5 Å². The summed E-state index contributed by atoms with van der Waals surface area (Å²) in [6, 6.07) is 23.7. The topological polar surface area (TPSA) is 61.4 Å². The van der Waals surface area contributed by atoms with Crippen molar-refractivity contribution in [3.63, 3.8) is 0 Å². The molecule has 0 aliphatic carbocycles. The van der Waals surface area contributed by atoms with Crippen molar-refractivity contribution in [2.45, 2.75) is 18.8 Å². The molecule has 0 fully saturated rings. The molecule has 3 aromatic carbocycles. The van der Waals surface area contributed by atoms with Gasteiger partial charge in [0.15, 0.2) is 0 Å². The molecule has 2 aliphatic heterocycles. The fourth-order valence-electron chi connectivity index (χ4n) is 4.27. The quantitative estimate of drug-likeness (QED) is 0.703. The van der Waals surface area contributed by atoms with Gasteiger partial charge in [0.2, 0.25) is 11.8 Å². The molecule has 5 nitrogen and oxygen atoms in total. The minimum atomic E-state index is -0.501. The van der Waals surface area contributed by atoms with E-state index in [2.05, 4.69) is 33.7 Å². The Morgan fingerprint density at radius 3 is 2.55 bits per heavy atom. The summed E-state index contributed by atoms with van der Waals surface area (Å²) in [4.78, 5) is 27.5. The summed E-state index contributed by atoms with van der Waals surface area (Å²) in [6.45, 7) is 0.876. The van der Waals surface area contributed by atoms with E-state index in [0.717, 1.165) is 29.9 Å². The van der Waals surface area contributed by atoms with Crippen molar-refractivity contribution in [3.05, 3.63) is 83.9 Å². The Kier molecular flexibility index (Phi) is 4.28. The monoisotopic (exact) mass is 383 g/mol. The van der Waals surface area contributed by atoms with Gasteiger partial charge in [0, 0.05) is 24.3 Å². The van der Waals surface area contributed by atoms with E-state index in [9.17, 15) is 9.59 Å². The average Bonchev–Trinajstić information content (AvgIpc) is 3.17. The number of para-hydroxylation sites is 4. The fourth-order valence-corrected chi connectivity index (χ4v) is 4.27. The van der Waals surface area contributed by atoms with Gasteiger partial charge in [-0.2, -0.15) is 0 Å². The van der Waals surface area contributed by atoms with E-state index >= 15 is 0 Å². The minimum Gasteiger partial charge on any atom is -0.339 e. The number of fused-ring (bicyclic) bond motifs is 2. The van der Waals surface area contributed by atoms with Gasteiger partial charge in [0.25, 0.3) is 0 Å². The van der Waals surface area contributed by atoms with Gasteiger partial charge < -0.3 is 15.5 Å². The van der Waals surface area contributed by atoms with Gasteiger partial charge in [-0.3, -0.25) is 9.59 Å². The fraction of sp³-hybridized carbons (Fsp3) is 0.167. The van der Waals surface area contributed by atoms with Crippen LogP contribution in [-0.2, 0) is 16.0 Å². The third kappa shape index (κ3) is 3.14. The average molecular weight is 383 g/mol. The Labute approximate surface area is 169 Å². The van der Waals surface area contributed by atoms with Crippen molar-refractivity contribution in [2.75, 3.05) is 22.1 Å². The smallest absolute Gasteiger partial charge is 0.232 e. The number of carbonyl (C=O) groups excluding carboxylic acids is 2. The molecule has 5 heteroatoms. The van der Waals surface area contributed by atoms with Crippen molar-refractivity contribution < 1.29 is 9.59 Å². The van der Waals surface area contributed by atoms with Crippen molar-refractivity contribution in [1.82, 2.24) is 0 Å². The normalized spacial score (nSPS) is 17.3. The number of rotatable bonds is 3. The third-order valence-electron chi connectivity index (χ3n) is 5.66. The summed E-state index contributed by atoms with van der Waals surface area (Å²) in [5.74, 6) is -0.795. The molecule has 2 aliphatic rings. The van der Waals surface area contributed by atoms with Crippen LogP contribution >= 0.6 is 0 Å². The summed E-state index contributed by atoms with van der Waals surface area (Å²) in [7, 11) is 0. The highest BCUT2D eigenvalue weighted by atomic mass is 16.2. The number of amides is 2. The van der Waals surface area contributed by atoms with Gasteiger partial charge in [-0.25, -0.2) is 0 Å². The number of nitrogens with zero attached hydrogens (tertiary/aromatic N) is 1. The number of hydrogen-bond acceptors (Lipinski definition) is 3. The van der Waals surface area contributed by atoms with Gasteiger partial charge in [-0.1, -0.05) is 48.5 Å². The predicted octanol–water partition coefficient (Wildman–Crippen LogP) is 4.45. The first kappa shape index (κ1) is 17.5. The maximum absolute atomic E-state index is 13.2. The summed E-state index contributed by atoms with van der Waals surface area (Å²) < 4.78 is 0. The van der Waals surface area contributed by atoms with Gasteiger partial charge in [0.1, 0.15) is 0 Å². The maximum Gasteiger partial charge on any atom is 0.232 e. The van der Waals surface area contributed by atoms with Crippen LogP contribution in [0.25, 0.3) is 0 Å². The van der Waals surface area contributed by atoms with Crippen molar-refractivity contribution >= 4 is 34.6 Å². The Balaban J connectivity index is 1.46. The molecule has 0 radical (unpaired) electrons. The molecule has 1 atom stereocenters. The van der Waals surface area contributed by atoms with E-state index in [1.54, 1.807) is 0 Å². The molecule has 144 valence electrons. The highest BCUT2D eigenvalue weighted by Gasteiger charge is 2.31. The number of hydrogen-bond donors (Lipinski definition) is 2. The molecule has 0 bridgehead atoms. The van der Waals surface area contributed by atoms with Crippen molar-refractivity contribution in [2.24, 2.45) is 0 Å². The van der Waals surface area contributed by atoms with Crippen LogP contribution in [0.3, 0.4) is 0 Å². The van der Waals surface area contributed by atoms with E-state index in [1.165, 1.54) is 11.3 Å². The highest BCUT2D eigenvalue weighted by Crippen LogP contribution is 2.39. The first-order valence-corrected chi connectivity index (χ1v) is 9.85.